The molecule has 9 nitrogen and oxygen atoms in total. The van der Waals surface area contributed by atoms with Gasteiger partial charge in [0.25, 0.3) is 0 Å². The molecule has 0 bridgehead atoms. The second-order valence-corrected chi connectivity index (χ2v) is 7.50. The highest BCUT2D eigenvalue weighted by Gasteiger charge is 2.26. The van der Waals surface area contributed by atoms with E-state index in [9.17, 15) is 9.13 Å². The van der Waals surface area contributed by atoms with E-state index < -0.39 is 15.6 Å². The Morgan fingerprint density at radius 2 is 1.13 bits per heavy atom. The van der Waals surface area contributed by atoms with E-state index in [0.717, 1.165) is 25.7 Å². The van der Waals surface area contributed by atoms with E-state index in [1.165, 1.54) is 0 Å². The monoisotopic (exact) mass is 378 g/mol. The van der Waals surface area contributed by atoms with Crippen LogP contribution >= 0.6 is 15.6 Å². The Hall–Kier alpha value is 0.180. The highest BCUT2D eigenvalue weighted by Crippen LogP contribution is 2.49. The molecule has 0 heterocycles. The van der Waals surface area contributed by atoms with Gasteiger partial charge in [-0.3, -0.25) is 18.1 Å². The van der Waals surface area contributed by atoms with Gasteiger partial charge >= 0.3 is 15.6 Å². The van der Waals surface area contributed by atoms with Crippen LogP contribution in [0.4, 0.5) is 0 Å². The van der Waals surface area contributed by atoms with Gasteiger partial charge in [-0.2, -0.15) is 0 Å². The van der Waals surface area contributed by atoms with Crippen LogP contribution in [0.1, 0.15) is 39.5 Å². The first-order valence-electron chi connectivity index (χ1n) is 7.64. The SMILES string of the molecule is CCCCOP(=O)(OCCCC)OCCOCCOP(=O)(O)O. The van der Waals surface area contributed by atoms with Gasteiger partial charge in [-0.15, -0.1) is 0 Å². The zero-order valence-electron chi connectivity index (χ0n) is 13.7. The van der Waals surface area contributed by atoms with Crippen LogP contribution in [-0.4, -0.2) is 49.4 Å². The molecule has 0 saturated heterocycles. The van der Waals surface area contributed by atoms with Crippen LogP contribution < -0.4 is 0 Å². The smallest absolute Gasteiger partial charge is 0.377 e. The van der Waals surface area contributed by atoms with Crippen molar-refractivity contribution < 1.29 is 41.7 Å². The maximum Gasteiger partial charge on any atom is 0.474 e. The Morgan fingerprint density at radius 3 is 1.57 bits per heavy atom. The Kier molecular flexibility index (Phi) is 13.6. The van der Waals surface area contributed by atoms with E-state index >= 15 is 0 Å². The van der Waals surface area contributed by atoms with Crippen molar-refractivity contribution in [3.63, 3.8) is 0 Å². The average molecular weight is 378 g/mol. The first-order valence-corrected chi connectivity index (χ1v) is 10.6. The molecule has 0 atom stereocenters. The third-order valence-corrected chi connectivity index (χ3v) is 4.47. The van der Waals surface area contributed by atoms with Gasteiger partial charge in [0.05, 0.1) is 39.6 Å². The predicted octanol–water partition coefficient (Wildman–Crippen LogP) is 2.87. The number of phosphoric acid groups is 2. The molecule has 0 rings (SSSR count). The molecule has 0 aromatic heterocycles. The van der Waals surface area contributed by atoms with Gasteiger partial charge < -0.3 is 14.5 Å². The summed E-state index contributed by atoms with van der Waals surface area (Å²) in [6, 6.07) is 0. The molecule has 0 aromatic rings. The van der Waals surface area contributed by atoms with Crippen LogP contribution in [-0.2, 0) is 32.0 Å². The lowest BCUT2D eigenvalue weighted by atomic mass is 10.4. The lowest BCUT2D eigenvalue weighted by Crippen LogP contribution is -2.10. The number of hydrogen-bond donors (Lipinski definition) is 2. The molecule has 0 aromatic carbocycles. The lowest BCUT2D eigenvalue weighted by molar-refractivity contribution is 0.0478. The van der Waals surface area contributed by atoms with Gasteiger partial charge in [0, 0.05) is 0 Å². The molecule has 0 saturated carbocycles. The largest absolute Gasteiger partial charge is 0.474 e. The topological polar surface area (TPSA) is 121 Å². The predicted molar refractivity (Wildman–Crippen MR) is 84.1 cm³/mol. The maximum atomic E-state index is 12.3. The number of hydrogen-bond acceptors (Lipinski definition) is 7. The van der Waals surface area contributed by atoms with Crippen molar-refractivity contribution in [2.45, 2.75) is 39.5 Å². The van der Waals surface area contributed by atoms with Crippen molar-refractivity contribution in [2.75, 3.05) is 39.6 Å². The van der Waals surface area contributed by atoms with Crippen molar-refractivity contribution >= 4 is 15.6 Å². The second kappa shape index (κ2) is 13.5. The number of phosphoric ester groups is 2. The molecule has 140 valence electrons. The summed E-state index contributed by atoms with van der Waals surface area (Å²) >= 11 is 0. The van der Waals surface area contributed by atoms with Crippen LogP contribution in [0.15, 0.2) is 0 Å². The van der Waals surface area contributed by atoms with Gasteiger partial charge in [-0.1, -0.05) is 26.7 Å². The molecule has 2 N–H and O–H groups in total. The molecule has 0 unspecified atom stereocenters. The standard InChI is InChI=1S/C12H28O9P2/c1-3-5-7-19-23(16,20-8-6-4-2)21-12-10-17-9-11-18-22(13,14)15/h3-12H2,1-2H3,(H2,13,14,15). The zero-order chi connectivity index (χ0) is 17.6. The Balaban J connectivity index is 3.94. The van der Waals surface area contributed by atoms with Crippen LogP contribution in [0.2, 0.25) is 0 Å². The molecule has 11 heteroatoms. The third-order valence-electron chi connectivity index (χ3n) is 2.46. The Labute approximate surface area is 137 Å². The van der Waals surface area contributed by atoms with Crippen molar-refractivity contribution in [3.05, 3.63) is 0 Å². The van der Waals surface area contributed by atoms with Crippen molar-refractivity contribution in [2.24, 2.45) is 0 Å². The summed E-state index contributed by atoms with van der Waals surface area (Å²) in [6.07, 6.45) is 3.30. The highest BCUT2D eigenvalue weighted by molar-refractivity contribution is 7.48. The molecule has 0 aliphatic rings. The fraction of sp³-hybridized carbons (Fsp3) is 1.00. The molecule has 0 aliphatic carbocycles. The first-order chi connectivity index (χ1) is 10.8. The molecule has 0 radical (unpaired) electrons. The fourth-order valence-electron chi connectivity index (χ4n) is 1.28. The summed E-state index contributed by atoms with van der Waals surface area (Å²) in [5.74, 6) is 0. The summed E-state index contributed by atoms with van der Waals surface area (Å²) in [5, 5.41) is 0. The van der Waals surface area contributed by atoms with Gasteiger partial charge in [0.2, 0.25) is 0 Å². The van der Waals surface area contributed by atoms with Crippen LogP contribution in [0.3, 0.4) is 0 Å². The fourth-order valence-corrected chi connectivity index (χ4v) is 2.82. The van der Waals surface area contributed by atoms with Crippen molar-refractivity contribution in [3.8, 4) is 0 Å². The van der Waals surface area contributed by atoms with Crippen molar-refractivity contribution in [1.82, 2.24) is 0 Å². The molecule has 23 heavy (non-hydrogen) atoms. The zero-order valence-corrected chi connectivity index (χ0v) is 15.5. The molecule has 0 aliphatic heterocycles. The molecular formula is C12H28O9P2. The van der Waals surface area contributed by atoms with Crippen LogP contribution in [0, 0.1) is 0 Å². The normalized spacial score (nSPS) is 12.7. The highest BCUT2D eigenvalue weighted by atomic mass is 31.2. The summed E-state index contributed by atoms with van der Waals surface area (Å²) in [7, 11) is -8.07. The van der Waals surface area contributed by atoms with Gasteiger partial charge in [-0.05, 0) is 12.8 Å². The minimum absolute atomic E-state index is 0.0217. The van der Waals surface area contributed by atoms with Gasteiger partial charge in [0.15, 0.2) is 0 Å². The molecule has 0 amide bonds. The van der Waals surface area contributed by atoms with E-state index in [2.05, 4.69) is 4.52 Å². The molecule has 0 spiro atoms. The summed E-state index contributed by atoms with van der Waals surface area (Å²) in [4.78, 5) is 16.9. The van der Waals surface area contributed by atoms with E-state index in [1.54, 1.807) is 0 Å². The molecular weight excluding hydrogens is 350 g/mol. The average Bonchev–Trinajstić information content (AvgIpc) is 2.46. The number of unbranched alkanes of at least 4 members (excludes halogenated alkanes) is 2. The third kappa shape index (κ3) is 15.4. The summed E-state index contributed by atoms with van der Waals surface area (Å²) in [5.41, 5.74) is 0. The van der Waals surface area contributed by atoms with E-state index in [1.807, 2.05) is 13.8 Å². The first kappa shape index (κ1) is 23.2. The Bertz CT molecular complexity index is 358. The minimum atomic E-state index is -4.48. The van der Waals surface area contributed by atoms with Gasteiger partial charge in [-0.25, -0.2) is 9.13 Å². The van der Waals surface area contributed by atoms with Gasteiger partial charge in [0.1, 0.15) is 0 Å². The summed E-state index contributed by atoms with van der Waals surface area (Å²) in [6.45, 7) is 4.33. The molecule has 0 fully saturated rings. The van der Waals surface area contributed by atoms with E-state index in [0.29, 0.717) is 0 Å². The van der Waals surface area contributed by atoms with Crippen LogP contribution in [0.25, 0.3) is 0 Å². The lowest BCUT2D eigenvalue weighted by Gasteiger charge is -2.18. The van der Waals surface area contributed by atoms with E-state index in [4.69, 9.17) is 28.1 Å². The Morgan fingerprint density at radius 1 is 0.696 bits per heavy atom. The number of ether oxygens (including phenoxy) is 1. The van der Waals surface area contributed by atoms with Crippen molar-refractivity contribution in [1.29, 1.82) is 0 Å². The van der Waals surface area contributed by atoms with Crippen LogP contribution in [0.5, 0.6) is 0 Å². The minimum Gasteiger partial charge on any atom is -0.377 e. The second-order valence-electron chi connectivity index (χ2n) is 4.59. The maximum absolute atomic E-state index is 12.3. The van der Waals surface area contributed by atoms with E-state index in [-0.39, 0.29) is 39.6 Å². The number of rotatable bonds is 16. The quantitative estimate of drug-likeness (QED) is 0.308. The summed E-state index contributed by atoms with van der Waals surface area (Å²) < 4.78 is 47.6.